The van der Waals surface area contributed by atoms with E-state index in [9.17, 15) is 8.42 Å². The van der Waals surface area contributed by atoms with Gasteiger partial charge in [-0.1, -0.05) is 12.1 Å². The van der Waals surface area contributed by atoms with Crippen molar-refractivity contribution in [2.24, 2.45) is 0 Å². The molecule has 0 spiro atoms. The number of likely N-dealkylation sites (N-methyl/N-ethyl adjacent to an activating group) is 1. The number of benzene rings is 1. The smallest absolute Gasteiger partial charge is 0.245 e. The molecule has 0 saturated heterocycles. The topological polar surface area (TPSA) is 58.6 Å². The molecular formula is C13H22N2O3S. The third-order valence-electron chi connectivity index (χ3n) is 2.94. The van der Waals surface area contributed by atoms with Gasteiger partial charge < -0.3 is 10.1 Å². The fourth-order valence-corrected chi connectivity index (χ4v) is 3.28. The second kappa shape index (κ2) is 6.88. The standard InChI is InChI=1S/C13H22N2O3S/c1-5-14-12-8-6-7-9-13(12)19(16,17)15(3)11(2)10-18-4/h6-9,11,14H,5,10H2,1-4H3. The summed E-state index contributed by atoms with van der Waals surface area (Å²) < 4.78 is 31.5. The lowest BCUT2D eigenvalue weighted by Gasteiger charge is -2.24. The number of nitrogens with one attached hydrogen (secondary N) is 1. The van der Waals surface area contributed by atoms with E-state index in [0.717, 1.165) is 0 Å². The Balaban J connectivity index is 3.12. The summed E-state index contributed by atoms with van der Waals surface area (Å²) in [5.74, 6) is 0. The first kappa shape index (κ1) is 15.9. The van der Waals surface area contributed by atoms with Gasteiger partial charge in [0.05, 0.1) is 12.3 Å². The van der Waals surface area contributed by atoms with Gasteiger partial charge in [0, 0.05) is 26.7 Å². The monoisotopic (exact) mass is 286 g/mol. The van der Waals surface area contributed by atoms with Gasteiger partial charge in [-0.25, -0.2) is 8.42 Å². The van der Waals surface area contributed by atoms with E-state index < -0.39 is 10.0 Å². The highest BCUT2D eigenvalue weighted by Gasteiger charge is 2.27. The maximum atomic E-state index is 12.6. The van der Waals surface area contributed by atoms with Crippen molar-refractivity contribution in [2.75, 3.05) is 32.6 Å². The molecule has 0 heterocycles. The number of hydrogen-bond donors (Lipinski definition) is 1. The largest absolute Gasteiger partial charge is 0.384 e. The van der Waals surface area contributed by atoms with Gasteiger partial charge in [-0.05, 0) is 26.0 Å². The molecule has 19 heavy (non-hydrogen) atoms. The molecule has 108 valence electrons. The minimum Gasteiger partial charge on any atom is -0.384 e. The maximum absolute atomic E-state index is 12.6. The average Bonchev–Trinajstić information content (AvgIpc) is 2.39. The maximum Gasteiger partial charge on any atom is 0.245 e. The van der Waals surface area contributed by atoms with Crippen molar-refractivity contribution in [3.8, 4) is 0 Å². The first-order chi connectivity index (χ1) is 8.95. The first-order valence-corrected chi connectivity index (χ1v) is 7.69. The first-order valence-electron chi connectivity index (χ1n) is 6.25. The van der Waals surface area contributed by atoms with Gasteiger partial charge in [-0.3, -0.25) is 0 Å². The van der Waals surface area contributed by atoms with Crippen molar-refractivity contribution in [1.29, 1.82) is 0 Å². The van der Waals surface area contributed by atoms with Gasteiger partial charge in [-0.2, -0.15) is 4.31 Å². The molecule has 1 aromatic carbocycles. The summed E-state index contributed by atoms with van der Waals surface area (Å²) in [6.07, 6.45) is 0. The van der Waals surface area contributed by atoms with Gasteiger partial charge in [0.25, 0.3) is 0 Å². The van der Waals surface area contributed by atoms with Crippen molar-refractivity contribution in [3.05, 3.63) is 24.3 Å². The van der Waals surface area contributed by atoms with E-state index in [1.165, 1.54) is 4.31 Å². The van der Waals surface area contributed by atoms with Crippen LogP contribution in [0, 0.1) is 0 Å². The highest BCUT2D eigenvalue weighted by atomic mass is 32.2. The van der Waals surface area contributed by atoms with Gasteiger partial charge >= 0.3 is 0 Å². The van der Waals surface area contributed by atoms with Crippen LogP contribution in [0.2, 0.25) is 0 Å². The third kappa shape index (κ3) is 3.68. The molecule has 0 aliphatic rings. The van der Waals surface area contributed by atoms with Crippen LogP contribution in [0.15, 0.2) is 29.2 Å². The molecule has 0 amide bonds. The summed E-state index contributed by atoms with van der Waals surface area (Å²) in [4.78, 5) is 0.294. The number of sulfonamides is 1. The molecule has 0 radical (unpaired) electrons. The van der Waals surface area contributed by atoms with Crippen molar-refractivity contribution in [2.45, 2.75) is 24.8 Å². The number of nitrogens with zero attached hydrogens (tertiary/aromatic N) is 1. The number of anilines is 1. The third-order valence-corrected chi connectivity index (χ3v) is 4.97. The van der Waals surface area contributed by atoms with Gasteiger partial charge in [0.1, 0.15) is 4.90 Å². The predicted octanol–water partition coefficient (Wildman–Crippen LogP) is 1.77. The predicted molar refractivity (Wildman–Crippen MR) is 76.9 cm³/mol. The van der Waals surface area contributed by atoms with Crippen molar-refractivity contribution >= 4 is 15.7 Å². The molecule has 0 aliphatic heterocycles. The molecular weight excluding hydrogens is 264 g/mol. The Bertz CT molecular complexity index is 502. The van der Waals surface area contributed by atoms with Gasteiger partial charge in [-0.15, -0.1) is 0 Å². The fourth-order valence-electron chi connectivity index (χ4n) is 1.77. The normalized spacial score (nSPS) is 13.5. The lowest BCUT2D eigenvalue weighted by atomic mass is 10.3. The van der Waals surface area contributed by atoms with Crippen LogP contribution in [0.1, 0.15) is 13.8 Å². The molecule has 1 rings (SSSR count). The van der Waals surface area contributed by atoms with E-state index in [1.807, 2.05) is 19.9 Å². The Kier molecular flexibility index (Phi) is 5.78. The molecule has 0 aliphatic carbocycles. The summed E-state index contributed by atoms with van der Waals surface area (Å²) in [5.41, 5.74) is 0.626. The van der Waals surface area contributed by atoms with Gasteiger partial charge in [0.15, 0.2) is 0 Å². The highest BCUT2D eigenvalue weighted by Crippen LogP contribution is 2.24. The molecule has 1 unspecified atom stereocenters. The molecule has 0 fully saturated rings. The SMILES string of the molecule is CCNc1ccccc1S(=O)(=O)N(C)C(C)COC. The molecule has 5 nitrogen and oxygen atoms in total. The number of para-hydroxylation sites is 1. The summed E-state index contributed by atoms with van der Waals surface area (Å²) in [7, 11) is -0.392. The zero-order valence-electron chi connectivity index (χ0n) is 11.9. The highest BCUT2D eigenvalue weighted by molar-refractivity contribution is 7.89. The van der Waals surface area contributed by atoms with E-state index >= 15 is 0 Å². The minimum atomic E-state index is -3.52. The quantitative estimate of drug-likeness (QED) is 0.830. The number of methoxy groups -OCH3 is 1. The van der Waals surface area contributed by atoms with Crippen LogP contribution < -0.4 is 5.32 Å². The van der Waals surface area contributed by atoms with Crippen LogP contribution in [0.3, 0.4) is 0 Å². The van der Waals surface area contributed by atoms with Crippen molar-refractivity contribution in [3.63, 3.8) is 0 Å². The van der Waals surface area contributed by atoms with Crippen LogP contribution in [0.5, 0.6) is 0 Å². The Morgan fingerprint density at radius 1 is 1.37 bits per heavy atom. The van der Waals surface area contributed by atoms with E-state index in [-0.39, 0.29) is 6.04 Å². The summed E-state index contributed by atoms with van der Waals surface area (Å²) >= 11 is 0. The second-order valence-electron chi connectivity index (χ2n) is 4.35. The Hall–Kier alpha value is -1.11. The lowest BCUT2D eigenvalue weighted by molar-refractivity contribution is 0.149. The summed E-state index contributed by atoms with van der Waals surface area (Å²) in [6, 6.07) is 6.71. The number of ether oxygens (including phenoxy) is 1. The minimum absolute atomic E-state index is 0.218. The Labute approximate surface area is 115 Å². The molecule has 0 aromatic heterocycles. The van der Waals surface area contributed by atoms with Crippen LogP contribution in [0.4, 0.5) is 5.69 Å². The Morgan fingerprint density at radius 2 is 2.00 bits per heavy atom. The van der Waals surface area contributed by atoms with Gasteiger partial charge in [0.2, 0.25) is 10.0 Å². The number of hydrogen-bond acceptors (Lipinski definition) is 4. The molecule has 6 heteroatoms. The van der Waals surface area contributed by atoms with Crippen LogP contribution in [0.25, 0.3) is 0 Å². The van der Waals surface area contributed by atoms with E-state index in [2.05, 4.69) is 5.32 Å². The summed E-state index contributed by atoms with van der Waals surface area (Å²) in [6.45, 7) is 4.78. The van der Waals surface area contributed by atoms with Crippen molar-refractivity contribution < 1.29 is 13.2 Å². The Morgan fingerprint density at radius 3 is 2.58 bits per heavy atom. The lowest BCUT2D eigenvalue weighted by Crippen LogP contribution is -2.38. The zero-order chi connectivity index (χ0) is 14.5. The van der Waals surface area contributed by atoms with Crippen LogP contribution in [-0.2, 0) is 14.8 Å². The number of rotatable bonds is 7. The van der Waals surface area contributed by atoms with Crippen molar-refractivity contribution in [1.82, 2.24) is 4.31 Å². The molecule has 1 atom stereocenters. The molecule has 0 saturated carbocycles. The summed E-state index contributed by atoms with van der Waals surface area (Å²) in [5, 5.41) is 3.07. The molecule has 1 aromatic rings. The second-order valence-corrected chi connectivity index (χ2v) is 6.32. The average molecular weight is 286 g/mol. The van der Waals surface area contributed by atoms with E-state index in [0.29, 0.717) is 23.7 Å². The fraction of sp³-hybridized carbons (Fsp3) is 0.538. The van der Waals surface area contributed by atoms with Crippen LogP contribution >= 0.6 is 0 Å². The zero-order valence-corrected chi connectivity index (χ0v) is 12.7. The van der Waals surface area contributed by atoms with Crippen LogP contribution in [-0.4, -0.2) is 46.1 Å². The molecule has 0 bridgehead atoms. The van der Waals surface area contributed by atoms with E-state index in [1.54, 1.807) is 32.4 Å². The molecule has 1 N–H and O–H groups in total. The van der Waals surface area contributed by atoms with E-state index in [4.69, 9.17) is 4.74 Å².